The molecule has 0 radical (unpaired) electrons. The molecule has 1 aromatic heterocycles. The zero-order valence-corrected chi connectivity index (χ0v) is 8.41. The fourth-order valence-electron chi connectivity index (χ4n) is 1.14. The molecule has 0 bridgehead atoms. The van der Waals surface area contributed by atoms with Crippen molar-refractivity contribution in [2.24, 2.45) is 0 Å². The van der Waals surface area contributed by atoms with Crippen molar-refractivity contribution in [2.75, 3.05) is 0 Å². The summed E-state index contributed by atoms with van der Waals surface area (Å²) >= 11 is 10.8. The van der Waals surface area contributed by atoms with Gasteiger partial charge in [-0.2, -0.15) is 18.2 Å². The molecule has 15 heavy (non-hydrogen) atoms. The standard InChI is InChI=1S/C8H2Cl2F3NO/c9-4-2-6-5(14-7(10)15-6)1-3(4)8(11,12)13/h1-2H. The minimum absolute atomic E-state index is 0.0247. The highest BCUT2D eigenvalue weighted by atomic mass is 35.5. The van der Waals surface area contributed by atoms with Crippen LogP contribution in [0.2, 0.25) is 10.4 Å². The fraction of sp³-hybridized carbons (Fsp3) is 0.125. The first-order valence-corrected chi connectivity index (χ1v) is 4.46. The van der Waals surface area contributed by atoms with Crippen LogP contribution in [0.1, 0.15) is 5.56 Å². The van der Waals surface area contributed by atoms with Gasteiger partial charge in [-0.05, 0) is 17.7 Å². The van der Waals surface area contributed by atoms with Gasteiger partial charge < -0.3 is 4.42 Å². The van der Waals surface area contributed by atoms with Gasteiger partial charge in [0.2, 0.25) is 0 Å². The van der Waals surface area contributed by atoms with E-state index in [2.05, 4.69) is 4.98 Å². The number of aromatic nitrogens is 1. The van der Waals surface area contributed by atoms with Gasteiger partial charge in [-0.25, -0.2) is 0 Å². The molecule has 2 rings (SSSR count). The van der Waals surface area contributed by atoms with Gasteiger partial charge in [-0.3, -0.25) is 0 Å². The molecule has 0 aliphatic rings. The molecule has 7 heteroatoms. The molecule has 1 aromatic carbocycles. The lowest BCUT2D eigenvalue weighted by Gasteiger charge is -2.07. The Kier molecular flexibility index (Phi) is 2.31. The maximum Gasteiger partial charge on any atom is 0.417 e. The van der Waals surface area contributed by atoms with Gasteiger partial charge in [0.05, 0.1) is 10.6 Å². The smallest absolute Gasteiger partial charge is 0.417 e. The second-order valence-corrected chi connectivity index (χ2v) is 3.49. The minimum atomic E-state index is -4.52. The molecule has 0 aliphatic carbocycles. The Morgan fingerprint density at radius 3 is 2.47 bits per heavy atom. The van der Waals surface area contributed by atoms with Crippen LogP contribution >= 0.6 is 23.2 Å². The highest BCUT2D eigenvalue weighted by molar-refractivity contribution is 6.32. The summed E-state index contributed by atoms with van der Waals surface area (Å²) in [7, 11) is 0. The third kappa shape index (κ3) is 1.89. The number of hydrogen-bond donors (Lipinski definition) is 0. The number of hydrogen-bond acceptors (Lipinski definition) is 2. The summed E-state index contributed by atoms with van der Waals surface area (Å²) in [6.45, 7) is 0. The fourth-order valence-corrected chi connectivity index (χ4v) is 1.57. The number of fused-ring (bicyclic) bond motifs is 1. The quantitative estimate of drug-likeness (QED) is 0.707. The van der Waals surface area contributed by atoms with E-state index in [1.54, 1.807) is 0 Å². The van der Waals surface area contributed by atoms with Crippen LogP contribution in [0.25, 0.3) is 11.1 Å². The topological polar surface area (TPSA) is 26.0 Å². The average molecular weight is 256 g/mol. The third-order valence-electron chi connectivity index (χ3n) is 1.76. The zero-order chi connectivity index (χ0) is 11.2. The molecule has 2 aromatic rings. The van der Waals surface area contributed by atoms with Crippen molar-refractivity contribution >= 4 is 34.3 Å². The third-order valence-corrected chi connectivity index (χ3v) is 2.23. The van der Waals surface area contributed by atoms with Crippen molar-refractivity contribution in [3.63, 3.8) is 0 Å². The first-order chi connectivity index (χ1) is 6.88. The van der Waals surface area contributed by atoms with Gasteiger partial charge in [0.15, 0.2) is 5.58 Å². The Bertz CT molecular complexity index is 520. The summed E-state index contributed by atoms with van der Waals surface area (Å²) < 4.78 is 42.0. The molecule has 0 fully saturated rings. The monoisotopic (exact) mass is 255 g/mol. The van der Waals surface area contributed by atoms with Gasteiger partial charge >= 0.3 is 6.18 Å². The predicted octanol–water partition coefficient (Wildman–Crippen LogP) is 4.15. The lowest BCUT2D eigenvalue weighted by atomic mass is 10.2. The minimum Gasteiger partial charge on any atom is -0.428 e. The molecule has 1 heterocycles. The number of halogens is 5. The Hall–Kier alpha value is -0.940. The summed E-state index contributed by atoms with van der Waals surface area (Å²) in [5.41, 5.74) is -0.809. The molecule has 0 amide bonds. The maximum atomic E-state index is 12.4. The summed E-state index contributed by atoms with van der Waals surface area (Å²) in [5.74, 6) is 0. The molecule has 0 unspecified atom stereocenters. The van der Waals surface area contributed by atoms with Crippen LogP contribution in [-0.4, -0.2) is 4.98 Å². The van der Waals surface area contributed by atoms with Gasteiger partial charge in [0.1, 0.15) is 5.52 Å². The lowest BCUT2D eigenvalue weighted by molar-refractivity contribution is -0.137. The summed E-state index contributed by atoms with van der Waals surface area (Å²) in [6, 6.07) is 1.84. The van der Waals surface area contributed by atoms with Crippen LogP contribution in [0, 0.1) is 0 Å². The van der Waals surface area contributed by atoms with Crippen molar-refractivity contribution < 1.29 is 17.6 Å². The van der Waals surface area contributed by atoms with Crippen molar-refractivity contribution in [1.29, 1.82) is 0 Å². The molecule has 2 nitrogen and oxygen atoms in total. The molecule has 0 saturated carbocycles. The van der Waals surface area contributed by atoms with Crippen molar-refractivity contribution in [3.05, 3.63) is 28.1 Å². The van der Waals surface area contributed by atoms with Gasteiger partial charge in [-0.1, -0.05) is 11.6 Å². The van der Waals surface area contributed by atoms with E-state index in [9.17, 15) is 13.2 Å². The number of rotatable bonds is 0. The number of benzene rings is 1. The largest absolute Gasteiger partial charge is 0.428 e. The second kappa shape index (κ2) is 3.28. The van der Waals surface area contributed by atoms with E-state index in [-0.39, 0.29) is 16.4 Å². The van der Waals surface area contributed by atoms with Crippen LogP contribution in [0.15, 0.2) is 16.5 Å². The Balaban J connectivity index is 2.72. The number of nitrogens with zero attached hydrogens (tertiary/aromatic N) is 1. The highest BCUT2D eigenvalue weighted by Crippen LogP contribution is 2.37. The normalized spacial score (nSPS) is 12.3. The number of oxazole rings is 1. The maximum absolute atomic E-state index is 12.4. The molecule has 0 N–H and O–H groups in total. The summed E-state index contributed by atoms with van der Waals surface area (Å²) in [6.07, 6.45) is -4.52. The van der Waals surface area contributed by atoms with Crippen LogP contribution in [-0.2, 0) is 6.18 Å². The van der Waals surface area contributed by atoms with E-state index in [4.69, 9.17) is 27.6 Å². The van der Waals surface area contributed by atoms with Crippen LogP contribution in [0.5, 0.6) is 0 Å². The van der Waals surface area contributed by atoms with Gasteiger partial charge in [0.25, 0.3) is 5.35 Å². The van der Waals surface area contributed by atoms with E-state index in [0.29, 0.717) is 0 Å². The summed E-state index contributed by atoms with van der Waals surface area (Å²) in [5, 5.41) is -0.664. The Labute approximate surface area is 91.6 Å². The predicted molar refractivity (Wildman–Crippen MR) is 49.0 cm³/mol. The first-order valence-electron chi connectivity index (χ1n) is 3.71. The van der Waals surface area contributed by atoms with Crippen LogP contribution in [0.3, 0.4) is 0 Å². The molecule has 0 spiro atoms. The van der Waals surface area contributed by atoms with E-state index >= 15 is 0 Å². The number of alkyl halides is 3. The molecular formula is C8H2Cl2F3NO. The first kappa shape index (κ1) is 10.6. The lowest BCUT2D eigenvalue weighted by Crippen LogP contribution is -2.05. The van der Waals surface area contributed by atoms with Crippen molar-refractivity contribution in [2.45, 2.75) is 6.18 Å². The van der Waals surface area contributed by atoms with Gasteiger partial charge in [-0.15, -0.1) is 0 Å². The van der Waals surface area contributed by atoms with Crippen molar-refractivity contribution in [1.82, 2.24) is 4.98 Å². The zero-order valence-electron chi connectivity index (χ0n) is 6.90. The van der Waals surface area contributed by atoms with Crippen LogP contribution < -0.4 is 0 Å². The van der Waals surface area contributed by atoms with E-state index in [1.165, 1.54) is 0 Å². The second-order valence-electron chi connectivity index (χ2n) is 2.76. The molecule has 80 valence electrons. The Morgan fingerprint density at radius 2 is 1.87 bits per heavy atom. The van der Waals surface area contributed by atoms with E-state index < -0.39 is 16.8 Å². The van der Waals surface area contributed by atoms with E-state index in [0.717, 1.165) is 12.1 Å². The van der Waals surface area contributed by atoms with Gasteiger partial charge in [0, 0.05) is 6.07 Å². The Morgan fingerprint density at radius 1 is 1.20 bits per heavy atom. The molecular weight excluding hydrogens is 254 g/mol. The van der Waals surface area contributed by atoms with Crippen LogP contribution in [0.4, 0.5) is 13.2 Å². The summed E-state index contributed by atoms with van der Waals surface area (Å²) in [4.78, 5) is 3.57. The van der Waals surface area contributed by atoms with E-state index in [1.807, 2.05) is 0 Å². The highest BCUT2D eigenvalue weighted by Gasteiger charge is 2.34. The molecule has 0 atom stereocenters. The SMILES string of the molecule is FC(F)(F)c1cc2nc(Cl)oc2cc1Cl. The van der Waals surface area contributed by atoms with Crippen molar-refractivity contribution in [3.8, 4) is 0 Å². The average Bonchev–Trinajstić information content (AvgIpc) is 2.40. The molecule has 0 aliphatic heterocycles. The molecule has 0 saturated heterocycles.